The zero-order chi connectivity index (χ0) is 15.2. The lowest BCUT2D eigenvalue weighted by Gasteiger charge is -2.22. The van der Waals surface area contributed by atoms with Crippen LogP contribution in [0.4, 0.5) is 0 Å². The van der Waals surface area contributed by atoms with Crippen LogP contribution >= 0.6 is 0 Å². The quantitative estimate of drug-likeness (QED) is 0.742. The largest absolute Gasteiger partial charge is 0.468 e. The van der Waals surface area contributed by atoms with Crippen LogP contribution in [-0.2, 0) is 22.6 Å². The van der Waals surface area contributed by atoms with Gasteiger partial charge < -0.3 is 19.2 Å². The molecule has 0 aliphatic rings. The second kappa shape index (κ2) is 7.25. The van der Waals surface area contributed by atoms with Crippen molar-refractivity contribution < 1.29 is 13.9 Å². The lowest BCUT2D eigenvalue weighted by Crippen LogP contribution is -2.35. The van der Waals surface area contributed by atoms with Gasteiger partial charge in [-0.15, -0.1) is 0 Å². The zero-order valence-electron chi connectivity index (χ0n) is 13.7. The maximum absolute atomic E-state index is 5.72. The topological polar surface area (TPSA) is 43.6 Å². The third-order valence-electron chi connectivity index (χ3n) is 3.28. The van der Waals surface area contributed by atoms with Crippen molar-refractivity contribution >= 4 is 0 Å². The maximum atomic E-state index is 5.72. The van der Waals surface area contributed by atoms with E-state index in [9.17, 15) is 0 Å². The number of rotatable bonds is 8. The highest BCUT2D eigenvalue weighted by molar-refractivity contribution is 5.16. The molecule has 1 heterocycles. The fourth-order valence-corrected chi connectivity index (χ4v) is 1.60. The summed E-state index contributed by atoms with van der Waals surface area (Å²) in [6, 6.07) is 1.97. The van der Waals surface area contributed by atoms with Crippen LogP contribution in [0.5, 0.6) is 0 Å². The Morgan fingerprint density at radius 1 is 1.20 bits per heavy atom. The van der Waals surface area contributed by atoms with Gasteiger partial charge in [0.1, 0.15) is 5.76 Å². The minimum absolute atomic E-state index is 0.0768. The van der Waals surface area contributed by atoms with E-state index in [2.05, 4.69) is 39.9 Å². The first-order chi connectivity index (χ1) is 9.23. The number of furan rings is 1. The van der Waals surface area contributed by atoms with Gasteiger partial charge in [-0.25, -0.2) is 0 Å². The molecule has 0 radical (unpaired) electrons. The van der Waals surface area contributed by atoms with Gasteiger partial charge >= 0.3 is 0 Å². The average molecular weight is 283 g/mol. The summed E-state index contributed by atoms with van der Waals surface area (Å²) < 4.78 is 16.6. The van der Waals surface area contributed by atoms with Crippen LogP contribution in [0.3, 0.4) is 0 Å². The van der Waals surface area contributed by atoms with Gasteiger partial charge in [-0.3, -0.25) is 0 Å². The Bertz CT molecular complexity index is 391. The predicted octanol–water partition coefficient (Wildman–Crippen LogP) is 3.50. The Morgan fingerprint density at radius 2 is 1.90 bits per heavy atom. The SMILES string of the molecule is COC(C)(C)CCOCc1ccoc1CNC(C)(C)C. The Kier molecular flexibility index (Phi) is 6.24. The summed E-state index contributed by atoms with van der Waals surface area (Å²) in [4.78, 5) is 0. The molecule has 1 aromatic rings. The molecule has 0 amide bonds. The summed E-state index contributed by atoms with van der Waals surface area (Å²) in [5.41, 5.74) is 1.05. The summed E-state index contributed by atoms with van der Waals surface area (Å²) in [5.74, 6) is 0.950. The molecule has 1 aromatic heterocycles. The Hall–Kier alpha value is -0.840. The van der Waals surface area contributed by atoms with E-state index in [1.54, 1.807) is 13.4 Å². The molecule has 116 valence electrons. The van der Waals surface area contributed by atoms with Crippen LogP contribution in [0.15, 0.2) is 16.7 Å². The van der Waals surface area contributed by atoms with Gasteiger partial charge in [0.2, 0.25) is 0 Å². The lowest BCUT2D eigenvalue weighted by molar-refractivity contribution is -0.0126. The van der Waals surface area contributed by atoms with Gasteiger partial charge in [0.25, 0.3) is 0 Å². The van der Waals surface area contributed by atoms with E-state index < -0.39 is 0 Å². The van der Waals surface area contributed by atoms with Crippen molar-refractivity contribution in [3.8, 4) is 0 Å². The Labute approximate surface area is 122 Å². The van der Waals surface area contributed by atoms with Crippen LogP contribution in [0, 0.1) is 0 Å². The minimum Gasteiger partial charge on any atom is -0.468 e. The molecule has 20 heavy (non-hydrogen) atoms. The van der Waals surface area contributed by atoms with Crippen molar-refractivity contribution in [2.75, 3.05) is 13.7 Å². The highest BCUT2D eigenvalue weighted by Crippen LogP contribution is 2.16. The summed E-state index contributed by atoms with van der Waals surface area (Å²) in [6.07, 6.45) is 2.59. The van der Waals surface area contributed by atoms with E-state index in [0.29, 0.717) is 13.2 Å². The second-order valence-electron chi connectivity index (χ2n) is 6.74. The van der Waals surface area contributed by atoms with Crippen molar-refractivity contribution in [3.05, 3.63) is 23.7 Å². The van der Waals surface area contributed by atoms with Crippen LogP contribution in [0.25, 0.3) is 0 Å². The molecule has 0 bridgehead atoms. The number of hydrogen-bond acceptors (Lipinski definition) is 4. The zero-order valence-corrected chi connectivity index (χ0v) is 13.7. The number of nitrogens with one attached hydrogen (secondary N) is 1. The molecule has 4 nitrogen and oxygen atoms in total. The normalized spacial score (nSPS) is 12.9. The molecule has 0 spiro atoms. The van der Waals surface area contributed by atoms with E-state index in [4.69, 9.17) is 13.9 Å². The van der Waals surface area contributed by atoms with E-state index in [1.165, 1.54) is 0 Å². The highest BCUT2D eigenvalue weighted by atomic mass is 16.5. The van der Waals surface area contributed by atoms with Gasteiger partial charge in [0, 0.05) is 24.8 Å². The van der Waals surface area contributed by atoms with Gasteiger partial charge in [0.05, 0.1) is 25.0 Å². The Balaban J connectivity index is 2.36. The molecule has 1 N–H and O–H groups in total. The predicted molar refractivity (Wildman–Crippen MR) is 80.7 cm³/mol. The number of ether oxygens (including phenoxy) is 2. The minimum atomic E-state index is -0.132. The van der Waals surface area contributed by atoms with E-state index in [0.717, 1.165) is 24.3 Å². The van der Waals surface area contributed by atoms with Crippen molar-refractivity contribution in [2.45, 2.75) is 65.3 Å². The van der Waals surface area contributed by atoms with E-state index in [-0.39, 0.29) is 11.1 Å². The van der Waals surface area contributed by atoms with Gasteiger partial charge in [-0.2, -0.15) is 0 Å². The second-order valence-corrected chi connectivity index (χ2v) is 6.74. The molecule has 0 saturated heterocycles. The maximum Gasteiger partial charge on any atom is 0.123 e. The standard InChI is InChI=1S/C16H29NO3/c1-15(2,3)17-11-14-13(7-9-20-14)12-19-10-8-16(4,5)18-6/h7,9,17H,8,10-12H2,1-6H3. The van der Waals surface area contributed by atoms with Crippen molar-refractivity contribution in [1.82, 2.24) is 5.32 Å². The summed E-state index contributed by atoms with van der Waals surface area (Å²) in [5, 5.41) is 3.42. The average Bonchev–Trinajstić information content (AvgIpc) is 2.79. The number of methoxy groups -OCH3 is 1. The first-order valence-corrected chi connectivity index (χ1v) is 7.17. The first-order valence-electron chi connectivity index (χ1n) is 7.17. The lowest BCUT2D eigenvalue weighted by atomic mass is 10.1. The van der Waals surface area contributed by atoms with Gasteiger partial charge in [-0.05, 0) is 47.1 Å². The van der Waals surface area contributed by atoms with Crippen molar-refractivity contribution in [1.29, 1.82) is 0 Å². The van der Waals surface area contributed by atoms with Crippen molar-refractivity contribution in [2.24, 2.45) is 0 Å². The molecular weight excluding hydrogens is 254 g/mol. The third kappa shape index (κ3) is 6.55. The third-order valence-corrected chi connectivity index (χ3v) is 3.28. The van der Waals surface area contributed by atoms with Crippen LogP contribution in [0.2, 0.25) is 0 Å². The van der Waals surface area contributed by atoms with E-state index >= 15 is 0 Å². The summed E-state index contributed by atoms with van der Waals surface area (Å²) >= 11 is 0. The molecule has 0 aromatic carbocycles. The molecule has 4 heteroatoms. The summed E-state index contributed by atoms with van der Waals surface area (Å²) in [7, 11) is 1.73. The highest BCUT2D eigenvalue weighted by Gasteiger charge is 2.16. The molecule has 0 aliphatic carbocycles. The monoisotopic (exact) mass is 283 g/mol. The van der Waals surface area contributed by atoms with Crippen LogP contribution < -0.4 is 5.32 Å². The molecule has 0 aliphatic heterocycles. The van der Waals surface area contributed by atoms with Crippen LogP contribution in [-0.4, -0.2) is 24.9 Å². The fourth-order valence-electron chi connectivity index (χ4n) is 1.60. The fraction of sp³-hybridized carbons (Fsp3) is 0.750. The smallest absolute Gasteiger partial charge is 0.123 e. The first kappa shape index (κ1) is 17.2. The van der Waals surface area contributed by atoms with Gasteiger partial charge in [0.15, 0.2) is 0 Å². The summed E-state index contributed by atoms with van der Waals surface area (Å²) in [6.45, 7) is 12.5. The number of hydrogen-bond donors (Lipinski definition) is 1. The Morgan fingerprint density at radius 3 is 2.50 bits per heavy atom. The molecule has 0 atom stereocenters. The van der Waals surface area contributed by atoms with Gasteiger partial charge in [-0.1, -0.05) is 0 Å². The molecule has 0 unspecified atom stereocenters. The van der Waals surface area contributed by atoms with E-state index in [1.807, 2.05) is 6.07 Å². The van der Waals surface area contributed by atoms with Crippen LogP contribution in [0.1, 0.15) is 52.4 Å². The molecular formula is C16H29NO3. The molecule has 0 saturated carbocycles. The molecule has 0 fully saturated rings. The van der Waals surface area contributed by atoms with Crippen molar-refractivity contribution in [3.63, 3.8) is 0 Å². The molecule has 1 rings (SSSR count).